The number of para-hydroxylation sites is 1. The summed E-state index contributed by atoms with van der Waals surface area (Å²) in [6, 6.07) is 9.47. The summed E-state index contributed by atoms with van der Waals surface area (Å²) in [6.45, 7) is 4.64. The maximum absolute atomic E-state index is 11.3. The minimum absolute atomic E-state index is 0.0118. The molecule has 0 aliphatic heterocycles. The van der Waals surface area contributed by atoms with Gasteiger partial charge in [-0.15, -0.1) is 6.58 Å². The van der Waals surface area contributed by atoms with Gasteiger partial charge in [-0.1, -0.05) is 24.3 Å². The molecule has 0 heterocycles. The van der Waals surface area contributed by atoms with E-state index in [-0.39, 0.29) is 5.91 Å². The van der Waals surface area contributed by atoms with Crippen molar-refractivity contribution in [3.63, 3.8) is 0 Å². The van der Waals surface area contributed by atoms with Crippen molar-refractivity contribution in [3.05, 3.63) is 43.0 Å². The first-order valence-corrected chi connectivity index (χ1v) is 5.38. The molecule has 1 rings (SSSR count). The van der Waals surface area contributed by atoms with E-state index in [2.05, 4.69) is 11.9 Å². The van der Waals surface area contributed by atoms with Gasteiger partial charge in [0.1, 0.15) is 5.75 Å². The molecule has 0 aliphatic carbocycles. The highest BCUT2D eigenvalue weighted by Gasteiger charge is 2.00. The molecule has 3 nitrogen and oxygen atoms in total. The van der Waals surface area contributed by atoms with Crippen LogP contribution in [-0.4, -0.2) is 19.1 Å². The van der Waals surface area contributed by atoms with E-state index in [0.29, 0.717) is 19.6 Å². The number of ether oxygens (including phenoxy) is 1. The van der Waals surface area contributed by atoms with Crippen molar-refractivity contribution in [1.29, 1.82) is 0 Å². The third kappa shape index (κ3) is 5.20. The highest BCUT2D eigenvalue weighted by molar-refractivity contribution is 5.75. The van der Waals surface area contributed by atoms with Crippen molar-refractivity contribution >= 4 is 5.91 Å². The normalized spacial score (nSPS) is 9.50. The number of hydrogen-bond acceptors (Lipinski definition) is 2. The Bertz CT molecular complexity index is 322. The van der Waals surface area contributed by atoms with Crippen LogP contribution in [0.5, 0.6) is 5.75 Å². The summed E-state index contributed by atoms with van der Waals surface area (Å²) < 4.78 is 5.40. The van der Waals surface area contributed by atoms with Crippen LogP contribution in [0.1, 0.15) is 12.8 Å². The fourth-order valence-electron chi connectivity index (χ4n) is 1.18. The monoisotopic (exact) mass is 219 g/mol. The molecular weight excluding hydrogens is 202 g/mol. The SMILES string of the molecule is C=CCCNC(=O)CCOc1ccccc1. The molecule has 0 bridgehead atoms. The molecular formula is C13H17NO2. The minimum Gasteiger partial charge on any atom is -0.493 e. The summed E-state index contributed by atoms with van der Waals surface area (Å²) in [5, 5.41) is 2.78. The molecule has 1 aromatic rings. The molecule has 1 aromatic carbocycles. The van der Waals surface area contributed by atoms with Gasteiger partial charge in [0.15, 0.2) is 0 Å². The maximum Gasteiger partial charge on any atom is 0.223 e. The van der Waals surface area contributed by atoms with Crippen molar-refractivity contribution in [2.24, 2.45) is 0 Å². The van der Waals surface area contributed by atoms with E-state index < -0.39 is 0 Å². The number of nitrogens with one attached hydrogen (secondary N) is 1. The molecule has 3 heteroatoms. The van der Waals surface area contributed by atoms with Crippen LogP contribution in [0.2, 0.25) is 0 Å². The number of carbonyl (C=O) groups is 1. The lowest BCUT2D eigenvalue weighted by Crippen LogP contribution is -2.25. The quantitative estimate of drug-likeness (QED) is 0.563. The largest absolute Gasteiger partial charge is 0.493 e. The minimum atomic E-state index is 0.0118. The average Bonchev–Trinajstić information content (AvgIpc) is 2.31. The lowest BCUT2D eigenvalue weighted by molar-refractivity contribution is -0.121. The van der Waals surface area contributed by atoms with Crippen LogP contribution in [0.3, 0.4) is 0 Å². The molecule has 0 fully saturated rings. The summed E-state index contributed by atoms with van der Waals surface area (Å²) in [4.78, 5) is 11.3. The van der Waals surface area contributed by atoms with E-state index >= 15 is 0 Å². The zero-order valence-electron chi connectivity index (χ0n) is 9.32. The predicted molar refractivity (Wildman–Crippen MR) is 64.4 cm³/mol. The van der Waals surface area contributed by atoms with Gasteiger partial charge in [0.05, 0.1) is 13.0 Å². The fraction of sp³-hybridized carbons (Fsp3) is 0.308. The van der Waals surface area contributed by atoms with Crippen LogP contribution in [0, 0.1) is 0 Å². The molecule has 0 aliphatic rings. The maximum atomic E-state index is 11.3. The van der Waals surface area contributed by atoms with Crippen molar-refractivity contribution in [2.45, 2.75) is 12.8 Å². The lowest BCUT2D eigenvalue weighted by atomic mass is 10.3. The third-order valence-electron chi connectivity index (χ3n) is 2.01. The molecule has 0 atom stereocenters. The molecule has 0 saturated heterocycles. The van der Waals surface area contributed by atoms with Crippen LogP contribution < -0.4 is 10.1 Å². The molecule has 0 radical (unpaired) electrons. The Balaban J connectivity index is 2.11. The first kappa shape index (κ1) is 12.3. The van der Waals surface area contributed by atoms with Crippen molar-refractivity contribution in [3.8, 4) is 5.75 Å². The van der Waals surface area contributed by atoms with Crippen LogP contribution in [0.4, 0.5) is 0 Å². The molecule has 16 heavy (non-hydrogen) atoms. The second-order valence-corrected chi connectivity index (χ2v) is 3.34. The van der Waals surface area contributed by atoms with Gasteiger partial charge in [0, 0.05) is 6.54 Å². The van der Waals surface area contributed by atoms with Crippen LogP contribution in [-0.2, 0) is 4.79 Å². The predicted octanol–water partition coefficient (Wildman–Crippen LogP) is 2.15. The van der Waals surface area contributed by atoms with Crippen LogP contribution in [0.25, 0.3) is 0 Å². The Labute approximate surface area is 96.1 Å². The Morgan fingerprint density at radius 2 is 2.12 bits per heavy atom. The van der Waals surface area contributed by atoms with Crippen molar-refractivity contribution in [2.75, 3.05) is 13.2 Å². The molecule has 0 saturated carbocycles. The van der Waals surface area contributed by atoms with Crippen molar-refractivity contribution in [1.82, 2.24) is 5.32 Å². The van der Waals surface area contributed by atoms with E-state index in [9.17, 15) is 4.79 Å². The highest BCUT2D eigenvalue weighted by atomic mass is 16.5. The summed E-state index contributed by atoms with van der Waals surface area (Å²) in [6.07, 6.45) is 2.96. The van der Waals surface area contributed by atoms with Crippen LogP contribution in [0.15, 0.2) is 43.0 Å². The van der Waals surface area contributed by atoms with Gasteiger partial charge in [0.25, 0.3) is 0 Å². The summed E-state index contributed by atoms with van der Waals surface area (Å²) in [5.74, 6) is 0.805. The molecule has 86 valence electrons. The van der Waals surface area contributed by atoms with Gasteiger partial charge in [-0.25, -0.2) is 0 Å². The average molecular weight is 219 g/mol. The molecule has 1 amide bonds. The zero-order valence-corrected chi connectivity index (χ0v) is 9.32. The Morgan fingerprint density at radius 3 is 2.81 bits per heavy atom. The second-order valence-electron chi connectivity index (χ2n) is 3.34. The van der Waals surface area contributed by atoms with E-state index in [1.807, 2.05) is 30.3 Å². The van der Waals surface area contributed by atoms with Crippen molar-refractivity contribution < 1.29 is 9.53 Å². The number of amides is 1. The fourth-order valence-corrected chi connectivity index (χ4v) is 1.18. The van der Waals surface area contributed by atoms with Gasteiger partial charge < -0.3 is 10.1 Å². The Kier molecular flexibility index (Phi) is 5.78. The van der Waals surface area contributed by atoms with Crippen LogP contribution >= 0.6 is 0 Å². The molecule has 0 spiro atoms. The summed E-state index contributed by atoms with van der Waals surface area (Å²) in [7, 11) is 0. The van der Waals surface area contributed by atoms with E-state index in [4.69, 9.17) is 4.74 Å². The van der Waals surface area contributed by atoms with Gasteiger partial charge in [-0.05, 0) is 18.6 Å². The lowest BCUT2D eigenvalue weighted by Gasteiger charge is -2.06. The number of benzene rings is 1. The molecule has 0 aromatic heterocycles. The van der Waals surface area contributed by atoms with Gasteiger partial charge in [-0.2, -0.15) is 0 Å². The van der Waals surface area contributed by atoms with Gasteiger partial charge >= 0.3 is 0 Å². The first-order chi connectivity index (χ1) is 7.83. The third-order valence-corrected chi connectivity index (χ3v) is 2.01. The Hall–Kier alpha value is -1.77. The molecule has 0 unspecified atom stereocenters. The number of hydrogen-bond donors (Lipinski definition) is 1. The zero-order chi connectivity index (χ0) is 11.6. The smallest absolute Gasteiger partial charge is 0.223 e. The summed E-state index contributed by atoms with van der Waals surface area (Å²) in [5.41, 5.74) is 0. The Morgan fingerprint density at radius 1 is 1.38 bits per heavy atom. The topological polar surface area (TPSA) is 38.3 Å². The first-order valence-electron chi connectivity index (χ1n) is 5.38. The second kappa shape index (κ2) is 7.51. The highest BCUT2D eigenvalue weighted by Crippen LogP contribution is 2.08. The van der Waals surface area contributed by atoms with Gasteiger partial charge in [-0.3, -0.25) is 4.79 Å². The standard InChI is InChI=1S/C13H17NO2/c1-2-3-10-14-13(15)9-11-16-12-7-5-4-6-8-12/h2,4-8H,1,3,9-11H2,(H,14,15). The molecule has 1 N–H and O–H groups in total. The van der Waals surface area contributed by atoms with E-state index in [1.165, 1.54) is 0 Å². The van der Waals surface area contributed by atoms with Gasteiger partial charge in [0.2, 0.25) is 5.91 Å². The van der Waals surface area contributed by atoms with E-state index in [1.54, 1.807) is 6.08 Å². The number of rotatable bonds is 7. The number of carbonyl (C=O) groups excluding carboxylic acids is 1. The summed E-state index contributed by atoms with van der Waals surface area (Å²) >= 11 is 0. The van der Waals surface area contributed by atoms with E-state index in [0.717, 1.165) is 12.2 Å².